The van der Waals surface area contributed by atoms with Crippen molar-refractivity contribution in [3.63, 3.8) is 0 Å². The third kappa shape index (κ3) is 6.26. The van der Waals surface area contributed by atoms with Gasteiger partial charge in [-0.15, -0.1) is 0 Å². The van der Waals surface area contributed by atoms with E-state index in [-0.39, 0.29) is 16.3 Å². The molecule has 29 heavy (non-hydrogen) atoms. The van der Waals surface area contributed by atoms with Crippen molar-refractivity contribution in [3.05, 3.63) is 58.6 Å². The maximum Gasteiger partial charge on any atom is 0.292 e. The van der Waals surface area contributed by atoms with Crippen LogP contribution in [0.15, 0.2) is 53.4 Å². The number of nitrogens with zero attached hydrogens (tertiary/aromatic N) is 1. The SMILES string of the molecule is C[C@@H](Nc1cccc(S(=O)(=O)NC(C)(C)C)c1)C(=O)Nc1ccccc1[N+](=O)[O-]. The Morgan fingerprint density at radius 3 is 2.38 bits per heavy atom. The zero-order valence-electron chi connectivity index (χ0n) is 16.6. The number of carbonyl (C=O) groups is 1. The summed E-state index contributed by atoms with van der Waals surface area (Å²) in [6, 6.07) is 11.1. The van der Waals surface area contributed by atoms with Crippen molar-refractivity contribution in [2.45, 2.75) is 44.2 Å². The van der Waals surface area contributed by atoms with Crippen LogP contribution in [0.25, 0.3) is 0 Å². The van der Waals surface area contributed by atoms with Crippen LogP contribution in [0, 0.1) is 10.1 Å². The van der Waals surface area contributed by atoms with Crippen LogP contribution in [0.5, 0.6) is 0 Å². The quantitative estimate of drug-likeness (QED) is 0.466. The highest BCUT2D eigenvalue weighted by molar-refractivity contribution is 7.89. The summed E-state index contributed by atoms with van der Waals surface area (Å²) in [5, 5.41) is 16.5. The number of hydrogen-bond donors (Lipinski definition) is 3. The molecule has 1 atom stereocenters. The fourth-order valence-electron chi connectivity index (χ4n) is 2.51. The highest BCUT2D eigenvalue weighted by Crippen LogP contribution is 2.24. The average Bonchev–Trinajstić information content (AvgIpc) is 2.60. The van der Waals surface area contributed by atoms with Gasteiger partial charge in [0.05, 0.1) is 9.82 Å². The maximum absolute atomic E-state index is 12.5. The van der Waals surface area contributed by atoms with Gasteiger partial charge in [0.25, 0.3) is 5.69 Å². The number of nitro benzene ring substituents is 1. The number of amides is 1. The Hall–Kier alpha value is -2.98. The fourth-order valence-corrected chi connectivity index (χ4v) is 3.97. The number of nitro groups is 1. The number of benzene rings is 2. The fraction of sp³-hybridized carbons (Fsp3) is 0.316. The van der Waals surface area contributed by atoms with Crippen LogP contribution in [0.4, 0.5) is 17.1 Å². The summed E-state index contributed by atoms with van der Waals surface area (Å²) in [5.74, 6) is -0.500. The summed E-state index contributed by atoms with van der Waals surface area (Å²) >= 11 is 0. The van der Waals surface area contributed by atoms with Gasteiger partial charge in [0.15, 0.2) is 0 Å². The molecule has 0 radical (unpaired) electrons. The van der Waals surface area contributed by atoms with Gasteiger partial charge in [0, 0.05) is 17.3 Å². The predicted molar refractivity (Wildman–Crippen MR) is 111 cm³/mol. The molecule has 0 aromatic heterocycles. The zero-order valence-corrected chi connectivity index (χ0v) is 17.4. The number of nitrogens with one attached hydrogen (secondary N) is 3. The Balaban J connectivity index is 2.14. The summed E-state index contributed by atoms with van der Waals surface area (Å²) < 4.78 is 27.5. The van der Waals surface area contributed by atoms with Crippen LogP contribution in [0.2, 0.25) is 0 Å². The number of anilines is 2. The van der Waals surface area contributed by atoms with E-state index in [0.29, 0.717) is 5.69 Å². The van der Waals surface area contributed by atoms with Crippen LogP contribution in [0.3, 0.4) is 0 Å². The lowest BCUT2D eigenvalue weighted by molar-refractivity contribution is -0.383. The van der Waals surface area contributed by atoms with E-state index in [0.717, 1.165) is 0 Å². The summed E-state index contributed by atoms with van der Waals surface area (Å²) in [6.07, 6.45) is 0. The smallest absolute Gasteiger partial charge is 0.292 e. The van der Waals surface area contributed by atoms with Crippen molar-refractivity contribution in [1.82, 2.24) is 4.72 Å². The molecule has 2 rings (SSSR count). The first kappa shape index (κ1) is 22.3. The van der Waals surface area contributed by atoms with Gasteiger partial charge in [-0.25, -0.2) is 13.1 Å². The number of hydrogen-bond acceptors (Lipinski definition) is 6. The molecular weight excluding hydrogens is 396 g/mol. The van der Waals surface area contributed by atoms with E-state index in [4.69, 9.17) is 0 Å². The molecule has 10 heteroatoms. The standard InChI is InChI=1S/C19H24N4O5S/c1-13(18(24)21-16-10-5-6-11-17(16)23(25)26)20-14-8-7-9-15(12-14)29(27,28)22-19(2,3)4/h5-13,20,22H,1-4H3,(H,21,24)/t13-/m1/s1. The van der Waals surface area contributed by atoms with Crippen LogP contribution >= 0.6 is 0 Å². The topological polar surface area (TPSA) is 130 Å². The normalized spacial score (nSPS) is 12.8. The minimum atomic E-state index is -3.73. The minimum Gasteiger partial charge on any atom is -0.374 e. The van der Waals surface area contributed by atoms with Crippen molar-refractivity contribution >= 4 is 33.0 Å². The molecule has 0 bridgehead atoms. The first-order valence-corrected chi connectivity index (χ1v) is 10.3. The summed E-state index contributed by atoms with van der Waals surface area (Å²) in [5.41, 5.74) is -0.344. The minimum absolute atomic E-state index is 0.0590. The number of rotatable bonds is 7. The van der Waals surface area contributed by atoms with E-state index < -0.39 is 32.4 Å². The molecule has 2 aromatic carbocycles. The molecule has 0 aliphatic heterocycles. The largest absolute Gasteiger partial charge is 0.374 e. The van der Waals surface area contributed by atoms with Gasteiger partial charge in [-0.1, -0.05) is 18.2 Å². The summed E-state index contributed by atoms with van der Waals surface area (Å²) in [4.78, 5) is 23.0. The summed E-state index contributed by atoms with van der Waals surface area (Å²) in [6.45, 7) is 6.78. The Kier molecular flexibility index (Phi) is 6.60. The van der Waals surface area contributed by atoms with E-state index >= 15 is 0 Å². The lowest BCUT2D eigenvalue weighted by Gasteiger charge is -2.21. The highest BCUT2D eigenvalue weighted by Gasteiger charge is 2.23. The molecule has 3 N–H and O–H groups in total. The van der Waals surface area contributed by atoms with Gasteiger partial charge >= 0.3 is 0 Å². The lowest BCUT2D eigenvalue weighted by atomic mass is 10.1. The van der Waals surface area contributed by atoms with Crippen LogP contribution in [-0.2, 0) is 14.8 Å². The first-order valence-electron chi connectivity index (χ1n) is 8.84. The molecule has 2 aromatic rings. The van der Waals surface area contributed by atoms with Gasteiger partial charge in [0.1, 0.15) is 11.7 Å². The average molecular weight is 420 g/mol. The van der Waals surface area contributed by atoms with Crippen molar-refractivity contribution < 1.29 is 18.1 Å². The van der Waals surface area contributed by atoms with Gasteiger partial charge in [0.2, 0.25) is 15.9 Å². The van der Waals surface area contributed by atoms with Crippen molar-refractivity contribution in [2.24, 2.45) is 0 Å². The van der Waals surface area contributed by atoms with Crippen LogP contribution < -0.4 is 15.4 Å². The van der Waals surface area contributed by atoms with Crippen molar-refractivity contribution in [3.8, 4) is 0 Å². The second kappa shape index (κ2) is 8.58. The van der Waals surface area contributed by atoms with E-state index in [2.05, 4.69) is 15.4 Å². The van der Waals surface area contributed by atoms with Gasteiger partial charge in [-0.2, -0.15) is 0 Å². The van der Waals surface area contributed by atoms with E-state index in [1.807, 2.05) is 0 Å². The molecule has 0 saturated carbocycles. The Labute approximate surface area is 169 Å². The molecule has 0 heterocycles. The molecule has 0 saturated heterocycles. The van der Waals surface area contributed by atoms with Gasteiger partial charge in [-0.05, 0) is 52.0 Å². The second-order valence-corrected chi connectivity index (χ2v) is 9.20. The zero-order chi connectivity index (χ0) is 21.8. The first-order chi connectivity index (χ1) is 13.4. The second-order valence-electron chi connectivity index (χ2n) is 7.51. The van der Waals surface area contributed by atoms with Gasteiger partial charge in [-0.3, -0.25) is 14.9 Å². The summed E-state index contributed by atoms with van der Waals surface area (Å²) in [7, 11) is -3.73. The molecule has 156 valence electrons. The number of para-hydroxylation sites is 2. The lowest BCUT2D eigenvalue weighted by Crippen LogP contribution is -2.40. The maximum atomic E-state index is 12.5. The number of carbonyl (C=O) groups excluding carboxylic acids is 1. The van der Waals surface area contributed by atoms with Crippen LogP contribution in [-0.4, -0.2) is 30.8 Å². The predicted octanol–water partition coefficient (Wildman–Crippen LogP) is 3.11. The molecule has 0 spiro atoms. The highest BCUT2D eigenvalue weighted by atomic mass is 32.2. The third-order valence-electron chi connectivity index (χ3n) is 3.72. The molecule has 0 fully saturated rings. The molecule has 0 aliphatic rings. The molecular formula is C19H24N4O5S. The monoisotopic (exact) mass is 420 g/mol. The molecule has 0 unspecified atom stereocenters. The van der Waals surface area contributed by atoms with E-state index in [1.165, 1.54) is 30.3 Å². The molecule has 1 amide bonds. The number of sulfonamides is 1. The van der Waals surface area contributed by atoms with Crippen molar-refractivity contribution in [1.29, 1.82) is 0 Å². The Morgan fingerprint density at radius 2 is 1.76 bits per heavy atom. The Bertz CT molecular complexity index is 1020. The molecule has 0 aliphatic carbocycles. The van der Waals surface area contributed by atoms with Gasteiger partial charge < -0.3 is 10.6 Å². The molecule has 9 nitrogen and oxygen atoms in total. The van der Waals surface area contributed by atoms with E-state index in [1.54, 1.807) is 45.9 Å². The van der Waals surface area contributed by atoms with Crippen molar-refractivity contribution in [2.75, 3.05) is 10.6 Å². The van der Waals surface area contributed by atoms with E-state index in [9.17, 15) is 23.3 Å². The third-order valence-corrected chi connectivity index (χ3v) is 5.48. The Morgan fingerprint density at radius 1 is 1.10 bits per heavy atom. The van der Waals surface area contributed by atoms with Crippen LogP contribution in [0.1, 0.15) is 27.7 Å².